The van der Waals surface area contributed by atoms with E-state index in [1.54, 1.807) is 0 Å². The fourth-order valence-electron chi connectivity index (χ4n) is 8.94. The molecule has 10 aromatic rings. The van der Waals surface area contributed by atoms with Crippen molar-refractivity contribution in [2.45, 2.75) is 19.3 Å². The van der Waals surface area contributed by atoms with Gasteiger partial charge < -0.3 is 4.57 Å². The molecule has 0 fully saturated rings. The van der Waals surface area contributed by atoms with Gasteiger partial charge in [-0.3, -0.25) is 0 Å². The molecular formula is C51H35NS. The molecule has 0 unspecified atom stereocenters. The maximum Gasteiger partial charge on any atom is 0.0547 e. The molecule has 11 rings (SSSR count). The molecule has 0 atom stereocenters. The Kier molecular flexibility index (Phi) is 6.53. The lowest BCUT2D eigenvalue weighted by molar-refractivity contribution is 0.661. The van der Waals surface area contributed by atoms with Crippen LogP contribution < -0.4 is 0 Å². The first-order valence-corrected chi connectivity index (χ1v) is 19.2. The van der Waals surface area contributed by atoms with Crippen LogP contribution in [0.25, 0.3) is 92.2 Å². The summed E-state index contributed by atoms with van der Waals surface area (Å²) in [6.07, 6.45) is 0. The minimum Gasteiger partial charge on any atom is -0.309 e. The van der Waals surface area contributed by atoms with E-state index in [0.29, 0.717) is 0 Å². The van der Waals surface area contributed by atoms with Gasteiger partial charge in [-0.2, -0.15) is 0 Å². The molecule has 0 amide bonds. The Balaban J connectivity index is 1.12. The van der Waals surface area contributed by atoms with Gasteiger partial charge in [-0.1, -0.05) is 147 Å². The largest absolute Gasteiger partial charge is 0.309 e. The van der Waals surface area contributed by atoms with Crippen molar-refractivity contribution in [3.8, 4) is 50.2 Å². The molecule has 2 heteroatoms. The van der Waals surface area contributed by atoms with Gasteiger partial charge in [-0.15, -0.1) is 11.3 Å². The lowest BCUT2D eigenvalue weighted by Crippen LogP contribution is -2.14. The van der Waals surface area contributed by atoms with E-state index in [1.165, 1.54) is 97.6 Å². The van der Waals surface area contributed by atoms with Crippen molar-refractivity contribution in [3.05, 3.63) is 187 Å². The van der Waals surface area contributed by atoms with Gasteiger partial charge in [-0.25, -0.2) is 0 Å². The Morgan fingerprint density at radius 3 is 1.91 bits per heavy atom. The normalized spacial score (nSPS) is 13.2. The smallest absolute Gasteiger partial charge is 0.0547 e. The maximum absolute atomic E-state index is 2.49. The van der Waals surface area contributed by atoms with E-state index in [2.05, 4.69) is 194 Å². The van der Waals surface area contributed by atoms with Crippen molar-refractivity contribution in [2.24, 2.45) is 0 Å². The van der Waals surface area contributed by atoms with Crippen LogP contribution in [0, 0.1) is 0 Å². The average Bonchev–Trinajstić information content (AvgIpc) is 3.83. The highest BCUT2D eigenvalue weighted by molar-refractivity contribution is 7.26. The van der Waals surface area contributed by atoms with Gasteiger partial charge in [0.1, 0.15) is 0 Å². The molecule has 0 N–H and O–H groups in total. The predicted octanol–water partition coefficient (Wildman–Crippen LogP) is 14.5. The van der Waals surface area contributed by atoms with E-state index in [4.69, 9.17) is 0 Å². The van der Waals surface area contributed by atoms with Crippen molar-refractivity contribution >= 4 is 53.3 Å². The molecule has 250 valence electrons. The third-order valence-electron chi connectivity index (χ3n) is 11.6. The Bertz CT molecular complexity index is 3070. The van der Waals surface area contributed by atoms with Gasteiger partial charge in [0, 0.05) is 42.0 Å². The third kappa shape index (κ3) is 4.56. The van der Waals surface area contributed by atoms with Gasteiger partial charge in [0.05, 0.1) is 11.0 Å². The number of nitrogens with zero attached hydrogens (tertiary/aromatic N) is 1. The van der Waals surface area contributed by atoms with Gasteiger partial charge in [-0.05, 0) is 98.1 Å². The molecule has 2 aromatic heterocycles. The van der Waals surface area contributed by atoms with Crippen LogP contribution in [0.15, 0.2) is 176 Å². The van der Waals surface area contributed by atoms with E-state index in [-0.39, 0.29) is 5.41 Å². The minimum atomic E-state index is -0.0678. The predicted molar refractivity (Wildman–Crippen MR) is 228 cm³/mol. The first kappa shape index (κ1) is 30.4. The summed E-state index contributed by atoms with van der Waals surface area (Å²) in [7, 11) is 0. The summed E-state index contributed by atoms with van der Waals surface area (Å²) < 4.78 is 5.17. The summed E-state index contributed by atoms with van der Waals surface area (Å²) in [6, 6.07) is 65.3. The monoisotopic (exact) mass is 693 g/mol. The summed E-state index contributed by atoms with van der Waals surface area (Å²) in [6.45, 7) is 4.74. The molecule has 0 bridgehead atoms. The van der Waals surface area contributed by atoms with Gasteiger partial charge in [0.2, 0.25) is 0 Å². The fourth-order valence-corrected chi connectivity index (χ4v) is 10.2. The number of rotatable bonds is 4. The van der Waals surface area contributed by atoms with E-state index in [0.717, 1.165) is 5.69 Å². The molecule has 8 aromatic carbocycles. The van der Waals surface area contributed by atoms with Crippen LogP contribution >= 0.6 is 11.3 Å². The van der Waals surface area contributed by atoms with Gasteiger partial charge in [0.25, 0.3) is 0 Å². The second-order valence-electron chi connectivity index (χ2n) is 14.9. The highest BCUT2D eigenvalue weighted by Gasteiger charge is 2.36. The quantitative estimate of drug-likeness (QED) is 0.173. The van der Waals surface area contributed by atoms with Crippen molar-refractivity contribution in [1.82, 2.24) is 4.57 Å². The molecule has 1 aliphatic carbocycles. The summed E-state index contributed by atoms with van der Waals surface area (Å²) in [5.41, 5.74) is 16.4. The first-order chi connectivity index (χ1) is 26.0. The average molecular weight is 694 g/mol. The summed E-state index contributed by atoms with van der Waals surface area (Å²) >= 11 is 1.89. The zero-order valence-corrected chi connectivity index (χ0v) is 30.4. The molecular weight excluding hydrogens is 659 g/mol. The number of fused-ring (bicyclic) bond motifs is 9. The fraction of sp³-hybridized carbons (Fsp3) is 0.0588. The molecule has 53 heavy (non-hydrogen) atoms. The summed E-state index contributed by atoms with van der Waals surface area (Å²) in [5.74, 6) is 0. The number of hydrogen-bond acceptors (Lipinski definition) is 1. The molecule has 0 spiro atoms. The standard InChI is InChI=1S/C51H35NS/c1-51(2)45-20-8-6-16-39(45)43-31-48-44(30-46(43)51)40-27-24-36(35-15-10-14-34(28-35)32-12-4-3-5-13-32)29-47(40)52(48)37-25-22-33(23-26-37)38-18-11-19-42-41-17-7-9-21-49(41)53-50(38)42/h3-31H,1-2H3. The van der Waals surface area contributed by atoms with E-state index < -0.39 is 0 Å². The van der Waals surface area contributed by atoms with Crippen molar-refractivity contribution < 1.29 is 0 Å². The van der Waals surface area contributed by atoms with Gasteiger partial charge >= 0.3 is 0 Å². The van der Waals surface area contributed by atoms with Crippen LogP contribution in [-0.2, 0) is 5.41 Å². The molecule has 1 aliphatic rings. The van der Waals surface area contributed by atoms with Crippen LogP contribution in [0.1, 0.15) is 25.0 Å². The highest BCUT2D eigenvalue weighted by Crippen LogP contribution is 2.51. The minimum absolute atomic E-state index is 0.0678. The number of hydrogen-bond donors (Lipinski definition) is 0. The van der Waals surface area contributed by atoms with Crippen molar-refractivity contribution in [3.63, 3.8) is 0 Å². The Morgan fingerprint density at radius 2 is 1.04 bits per heavy atom. The first-order valence-electron chi connectivity index (χ1n) is 18.4. The van der Waals surface area contributed by atoms with Crippen LogP contribution in [0.4, 0.5) is 0 Å². The molecule has 1 nitrogen and oxygen atoms in total. The second kappa shape index (κ2) is 11.4. The summed E-state index contributed by atoms with van der Waals surface area (Å²) in [5, 5.41) is 5.23. The van der Waals surface area contributed by atoms with Crippen LogP contribution in [-0.4, -0.2) is 4.57 Å². The Labute approximate surface area is 313 Å². The topological polar surface area (TPSA) is 4.93 Å². The van der Waals surface area contributed by atoms with E-state index >= 15 is 0 Å². The molecule has 0 saturated carbocycles. The maximum atomic E-state index is 2.49. The lowest BCUT2D eigenvalue weighted by atomic mass is 9.82. The van der Waals surface area contributed by atoms with Crippen LogP contribution in [0.5, 0.6) is 0 Å². The molecule has 0 saturated heterocycles. The number of thiophene rings is 1. The van der Waals surface area contributed by atoms with Crippen LogP contribution in [0.2, 0.25) is 0 Å². The Morgan fingerprint density at radius 1 is 0.396 bits per heavy atom. The third-order valence-corrected chi connectivity index (χ3v) is 12.8. The SMILES string of the molecule is CC1(C)c2ccccc2-c2cc3c(cc21)c1ccc(-c2cccc(-c4ccccc4)c2)cc1n3-c1ccc(-c2cccc3c2sc2ccccc23)cc1. The lowest BCUT2D eigenvalue weighted by Gasteiger charge is -2.21. The zero-order valence-electron chi connectivity index (χ0n) is 29.6. The zero-order chi connectivity index (χ0) is 35.3. The number of aromatic nitrogens is 1. The second-order valence-corrected chi connectivity index (χ2v) is 16.0. The molecule has 0 aliphatic heterocycles. The molecule has 0 radical (unpaired) electrons. The Hall–Kier alpha value is -6.22. The highest BCUT2D eigenvalue weighted by atomic mass is 32.1. The van der Waals surface area contributed by atoms with E-state index in [1.807, 2.05) is 11.3 Å². The van der Waals surface area contributed by atoms with Crippen molar-refractivity contribution in [1.29, 1.82) is 0 Å². The van der Waals surface area contributed by atoms with Crippen molar-refractivity contribution in [2.75, 3.05) is 0 Å². The van der Waals surface area contributed by atoms with Gasteiger partial charge in [0.15, 0.2) is 0 Å². The summed E-state index contributed by atoms with van der Waals surface area (Å²) in [4.78, 5) is 0. The number of benzene rings is 8. The van der Waals surface area contributed by atoms with Crippen LogP contribution in [0.3, 0.4) is 0 Å². The van der Waals surface area contributed by atoms with E-state index in [9.17, 15) is 0 Å². The molecule has 2 heterocycles.